The Morgan fingerprint density at radius 3 is 2.42 bits per heavy atom. The Labute approximate surface area is 235 Å². The zero-order valence-electron chi connectivity index (χ0n) is 23.5. The first kappa shape index (κ1) is 27.1. The van der Waals surface area contributed by atoms with Crippen molar-refractivity contribution in [1.29, 1.82) is 0 Å². The highest BCUT2D eigenvalue weighted by Gasteiger charge is 2.26. The molecule has 0 saturated carbocycles. The second kappa shape index (κ2) is 11.7. The van der Waals surface area contributed by atoms with E-state index in [1.165, 1.54) is 0 Å². The monoisotopic (exact) mass is 533 g/mol. The lowest BCUT2D eigenvalue weighted by molar-refractivity contribution is -0.110. The Morgan fingerprint density at radius 1 is 0.975 bits per heavy atom. The predicted octanol–water partition coefficient (Wildman–Crippen LogP) is 5.92. The van der Waals surface area contributed by atoms with Gasteiger partial charge in [-0.25, -0.2) is 0 Å². The van der Waals surface area contributed by atoms with Gasteiger partial charge in [0.25, 0.3) is 11.8 Å². The maximum atomic E-state index is 13.0. The second-order valence-corrected chi connectivity index (χ2v) is 10.0. The Morgan fingerprint density at radius 2 is 1.73 bits per heavy atom. The number of pyridine rings is 1. The van der Waals surface area contributed by atoms with E-state index in [9.17, 15) is 9.59 Å². The fourth-order valence-corrected chi connectivity index (χ4v) is 5.21. The third-order valence-electron chi connectivity index (χ3n) is 7.57. The van der Waals surface area contributed by atoms with Gasteiger partial charge in [-0.2, -0.15) is 0 Å². The molecular weight excluding hydrogens is 498 g/mol. The van der Waals surface area contributed by atoms with E-state index in [0.717, 1.165) is 70.2 Å². The van der Waals surface area contributed by atoms with Gasteiger partial charge in [-0.3, -0.25) is 14.6 Å². The topological polar surface area (TPSA) is 90.1 Å². The summed E-state index contributed by atoms with van der Waals surface area (Å²) in [5.41, 5.74) is 9.05. The molecule has 2 aromatic heterocycles. The van der Waals surface area contributed by atoms with E-state index in [-0.39, 0.29) is 11.8 Å². The van der Waals surface area contributed by atoms with Crippen molar-refractivity contribution < 1.29 is 9.59 Å². The van der Waals surface area contributed by atoms with Crippen molar-refractivity contribution in [2.45, 2.75) is 27.7 Å². The molecule has 2 aromatic carbocycles. The fraction of sp³-hybridized carbons (Fsp3) is 0.242. The average molecular weight is 534 g/mol. The number of rotatable bonds is 9. The third-order valence-corrected chi connectivity index (χ3v) is 7.57. The summed E-state index contributed by atoms with van der Waals surface area (Å²) in [5, 5.41) is 6.01. The van der Waals surface area contributed by atoms with Crippen molar-refractivity contribution in [2.24, 2.45) is 0 Å². The van der Waals surface area contributed by atoms with Crippen LogP contribution in [-0.2, 0) is 4.79 Å². The number of hydrogen-bond acceptors (Lipinski definition) is 4. The van der Waals surface area contributed by atoms with Crippen LogP contribution in [0.1, 0.15) is 46.7 Å². The van der Waals surface area contributed by atoms with Crippen molar-refractivity contribution in [3.8, 4) is 22.4 Å². The van der Waals surface area contributed by atoms with Crippen molar-refractivity contribution in [3.05, 3.63) is 94.9 Å². The largest absolute Gasteiger partial charge is 0.358 e. The molecule has 0 spiro atoms. The molecule has 1 aliphatic rings. The molecule has 0 atom stereocenters. The zero-order chi connectivity index (χ0) is 28.2. The number of nitrogens with zero attached hydrogens (tertiary/aromatic N) is 2. The number of nitrogens with one attached hydrogen (secondary N) is 3. The summed E-state index contributed by atoms with van der Waals surface area (Å²) in [5.74, 6) is -0.269. The summed E-state index contributed by atoms with van der Waals surface area (Å²) in [6.07, 6.45) is 3.71. The minimum atomic E-state index is -0.165. The predicted molar refractivity (Wildman–Crippen MR) is 162 cm³/mol. The number of H-pyrrole nitrogens is 1. The van der Waals surface area contributed by atoms with Crippen LogP contribution in [0.4, 0.5) is 5.69 Å². The quantitative estimate of drug-likeness (QED) is 0.233. The smallest absolute Gasteiger partial charge is 0.256 e. The molecule has 2 amide bonds. The highest BCUT2D eigenvalue weighted by Crippen LogP contribution is 2.37. The van der Waals surface area contributed by atoms with E-state index in [1.807, 2.05) is 86.8 Å². The van der Waals surface area contributed by atoms with E-state index in [1.54, 1.807) is 0 Å². The summed E-state index contributed by atoms with van der Waals surface area (Å²) in [6.45, 7) is 11.3. The van der Waals surface area contributed by atoms with Crippen LogP contribution in [0.3, 0.4) is 0 Å². The second-order valence-electron chi connectivity index (χ2n) is 10.0. The number of carbonyl (C=O) groups is 2. The molecule has 1 aliphatic heterocycles. The lowest BCUT2D eigenvalue weighted by atomic mass is 9.98. The van der Waals surface area contributed by atoms with E-state index < -0.39 is 0 Å². The van der Waals surface area contributed by atoms with Gasteiger partial charge in [-0.15, -0.1) is 0 Å². The number of benzene rings is 2. The molecule has 204 valence electrons. The molecule has 3 N–H and O–H groups in total. The van der Waals surface area contributed by atoms with Crippen LogP contribution < -0.4 is 10.6 Å². The fourth-order valence-electron chi connectivity index (χ4n) is 5.21. The first-order chi connectivity index (χ1) is 19.4. The maximum Gasteiger partial charge on any atom is 0.256 e. The van der Waals surface area contributed by atoms with Gasteiger partial charge >= 0.3 is 0 Å². The van der Waals surface area contributed by atoms with E-state index >= 15 is 0 Å². The van der Waals surface area contributed by atoms with E-state index in [2.05, 4.69) is 39.3 Å². The zero-order valence-corrected chi connectivity index (χ0v) is 23.5. The van der Waals surface area contributed by atoms with Crippen LogP contribution in [0.2, 0.25) is 0 Å². The Balaban J connectivity index is 1.40. The number of fused-ring (bicyclic) bond motifs is 1. The van der Waals surface area contributed by atoms with Gasteiger partial charge in [-0.1, -0.05) is 56.3 Å². The summed E-state index contributed by atoms with van der Waals surface area (Å²) in [6, 6.07) is 20.1. The summed E-state index contributed by atoms with van der Waals surface area (Å²) >= 11 is 0. The Hall–Kier alpha value is -4.49. The molecular formula is C33H35N5O2. The highest BCUT2D eigenvalue weighted by atomic mass is 16.2. The van der Waals surface area contributed by atoms with Crippen molar-refractivity contribution in [1.82, 2.24) is 20.2 Å². The van der Waals surface area contributed by atoms with Gasteiger partial charge in [-0.05, 0) is 62.3 Å². The standard InChI is InChI=1S/C33H35N5O2/c1-5-38(6-2)17-16-34-33(40)31-21(3)30(36-22(31)4)19-27-26-18-24(12-15-29(26)37-32(27)39)25-13-14-28(35-20-25)23-10-8-7-9-11-23/h7-15,18-20,36H,5-6,16-17H2,1-4H3,(H,34,40)(H,37,39)/b27-19-. The molecule has 0 unspecified atom stereocenters. The number of likely N-dealkylation sites (N-methyl/N-ethyl adjacent to an activating group) is 1. The molecule has 0 fully saturated rings. The van der Waals surface area contributed by atoms with Gasteiger partial charge in [0.2, 0.25) is 0 Å². The minimum Gasteiger partial charge on any atom is -0.358 e. The number of anilines is 1. The molecule has 0 radical (unpaired) electrons. The summed E-state index contributed by atoms with van der Waals surface area (Å²) in [7, 11) is 0. The average Bonchev–Trinajstić information content (AvgIpc) is 3.44. The maximum absolute atomic E-state index is 13.0. The highest BCUT2D eigenvalue weighted by molar-refractivity contribution is 6.35. The van der Waals surface area contributed by atoms with Crippen molar-refractivity contribution >= 4 is 29.2 Å². The van der Waals surface area contributed by atoms with Gasteiger partial charge in [0.15, 0.2) is 0 Å². The summed E-state index contributed by atoms with van der Waals surface area (Å²) in [4.78, 5) is 36.3. The third kappa shape index (κ3) is 5.46. The molecule has 5 rings (SSSR count). The van der Waals surface area contributed by atoms with Gasteiger partial charge < -0.3 is 20.5 Å². The number of aromatic amines is 1. The Bertz CT molecular complexity index is 1560. The lowest BCUT2D eigenvalue weighted by Gasteiger charge is -2.18. The van der Waals surface area contributed by atoms with Crippen LogP contribution in [0.25, 0.3) is 34.0 Å². The first-order valence-electron chi connectivity index (χ1n) is 13.8. The number of carbonyl (C=O) groups excluding carboxylic acids is 2. The normalized spacial score (nSPS) is 13.5. The van der Waals surface area contributed by atoms with Crippen LogP contribution in [0.5, 0.6) is 0 Å². The number of aryl methyl sites for hydroxylation is 1. The molecule has 0 bridgehead atoms. The molecule has 3 heterocycles. The molecule has 40 heavy (non-hydrogen) atoms. The first-order valence-corrected chi connectivity index (χ1v) is 13.8. The minimum absolute atomic E-state index is 0.104. The van der Waals surface area contributed by atoms with E-state index in [0.29, 0.717) is 17.7 Å². The van der Waals surface area contributed by atoms with Gasteiger partial charge in [0.05, 0.1) is 16.8 Å². The number of aromatic nitrogens is 2. The van der Waals surface area contributed by atoms with E-state index in [4.69, 9.17) is 0 Å². The molecule has 0 saturated heterocycles. The Kier molecular flexibility index (Phi) is 7.94. The van der Waals surface area contributed by atoms with Crippen LogP contribution in [0.15, 0.2) is 66.9 Å². The van der Waals surface area contributed by atoms with Crippen molar-refractivity contribution in [2.75, 3.05) is 31.5 Å². The van der Waals surface area contributed by atoms with Gasteiger partial charge in [0, 0.05) is 53.1 Å². The molecule has 0 aliphatic carbocycles. The lowest BCUT2D eigenvalue weighted by Crippen LogP contribution is -2.35. The SMILES string of the molecule is CCN(CC)CCNC(=O)c1c(C)[nH]c(/C=C2\C(=O)Nc3ccc(-c4ccc(-c5ccccc5)nc4)cc32)c1C. The number of hydrogen-bond donors (Lipinski definition) is 3. The molecule has 7 heteroatoms. The van der Waals surface area contributed by atoms with Crippen LogP contribution in [0, 0.1) is 13.8 Å². The van der Waals surface area contributed by atoms with Crippen LogP contribution >= 0.6 is 0 Å². The van der Waals surface area contributed by atoms with Crippen molar-refractivity contribution in [3.63, 3.8) is 0 Å². The number of amides is 2. The molecule has 7 nitrogen and oxygen atoms in total. The van der Waals surface area contributed by atoms with Gasteiger partial charge in [0.1, 0.15) is 0 Å². The summed E-state index contributed by atoms with van der Waals surface area (Å²) < 4.78 is 0. The van der Waals surface area contributed by atoms with Crippen LogP contribution in [-0.4, -0.2) is 52.9 Å². The molecule has 4 aromatic rings.